The molecule has 258 valence electrons. The monoisotopic (exact) mass is 717 g/mol. The second-order valence-corrected chi connectivity index (χ2v) is 14.0. The van der Waals surface area contributed by atoms with Crippen LogP contribution in [0.2, 0.25) is 10.0 Å². The third-order valence-electron chi connectivity index (χ3n) is 10.7. The molecule has 3 aromatic carbocycles. The van der Waals surface area contributed by atoms with Crippen molar-refractivity contribution in [2.45, 2.75) is 37.0 Å². The Morgan fingerprint density at radius 2 is 1.68 bits per heavy atom. The lowest BCUT2D eigenvalue weighted by molar-refractivity contribution is -0.142. The molecule has 2 saturated heterocycles. The van der Waals surface area contributed by atoms with Crippen LogP contribution >= 0.6 is 23.2 Å². The van der Waals surface area contributed by atoms with E-state index in [9.17, 15) is 24.3 Å². The van der Waals surface area contributed by atoms with Gasteiger partial charge in [-0.3, -0.25) is 34.3 Å². The van der Waals surface area contributed by atoms with Crippen molar-refractivity contribution in [1.29, 1.82) is 0 Å². The summed E-state index contributed by atoms with van der Waals surface area (Å²) in [6.07, 6.45) is 2.19. The van der Waals surface area contributed by atoms with Crippen LogP contribution in [0.1, 0.15) is 42.7 Å². The summed E-state index contributed by atoms with van der Waals surface area (Å²) in [5.74, 6) is -6.12. The third kappa shape index (κ3) is 5.22. The first-order chi connectivity index (χ1) is 24.0. The van der Waals surface area contributed by atoms with Crippen molar-refractivity contribution in [2.24, 2.45) is 23.7 Å². The molecule has 1 saturated carbocycles. The number of carbonyl (C=O) groups is 5. The number of imide groups is 2. The number of rotatable bonds is 9. The van der Waals surface area contributed by atoms with Crippen molar-refractivity contribution in [2.75, 3.05) is 19.1 Å². The van der Waals surface area contributed by atoms with Crippen LogP contribution in [0.4, 0.5) is 5.69 Å². The zero-order valence-electron chi connectivity index (χ0n) is 26.8. The molecule has 0 radical (unpaired) electrons. The molecule has 0 aromatic heterocycles. The Hall–Kier alpha value is -4.87. The number of anilines is 1. The highest BCUT2D eigenvalue weighted by atomic mass is 35.5. The third-order valence-corrected chi connectivity index (χ3v) is 11.2. The van der Waals surface area contributed by atoms with Crippen molar-refractivity contribution in [3.63, 3.8) is 0 Å². The Morgan fingerprint density at radius 1 is 0.960 bits per heavy atom. The van der Waals surface area contributed by atoms with E-state index >= 15 is 4.79 Å². The number of hydrogen-bond donors (Lipinski definition) is 3. The number of ether oxygens (including phenoxy) is 1. The van der Waals surface area contributed by atoms with Crippen LogP contribution < -0.4 is 10.2 Å². The zero-order chi connectivity index (χ0) is 35.5. The standard InChI is InChI=1S/C37H33Cl2N3O8/c1-50-23-11-6-20(7-12-23)37-27(34(47)42(36(37)49)40-29-15-8-21(38)17-28(29)39)18-26-24(32(37)19-4-9-22(43)10-5-19)13-14-25-31(26)35(48)41(33(25)46)16-2-3-30(44)45/h4-13,15,17,25-27,31-32,40,43H,2-3,14,16,18H2,1H3,(H,44,45). The molecule has 0 spiro atoms. The van der Waals surface area contributed by atoms with Crippen LogP contribution in [0.25, 0.3) is 0 Å². The number of methoxy groups -OCH3 is 1. The summed E-state index contributed by atoms with van der Waals surface area (Å²) in [4.78, 5) is 70.0. The van der Waals surface area contributed by atoms with E-state index < -0.39 is 58.7 Å². The first-order valence-corrected chi connectivity index (χ1v) is 17.0. The van der Waals surface area contributed by atoms with Gasteiger partial charge in [0.25, 0.3) is 11.8 Å². The molecule has 50 heavy (non-hydrogen) atoms. The predicted molar refractivity (Wildman–Crippen MR) is 182 cm³/mol. The van der Waals surface area contributed by atoms with Crippen LogP contribution in [-0.2, 0) is 29.4 Å². The Balaban J connectivity index is 1.40. The smallest absolute Gasteiger partial charge is 0.303 e. The van der Waals surface area contributed by atoms with Crippen LogP contribution in [-0.4, -0.2) is 63.4 Å². The van der Waals surface area contributed by atoms with Crippen LogP contribution in [0, 0.1) is 23.7 Å². The van der Waals surface area contributed by atoms with E-state index in [0.717, 1.165) is 15.5 Å². The molecule has 11 nitrogen and oxygen atoms in total. The van der Waals surface area contributed by atoms with E-state index in [2.05, 4.69) is 5.43 Å². The summed E-state index contributed by atoms with van der Waals surface area (Å²) in [7, 11) is 1.53. The molecule has 3 fully saturated rings. The van der Waals surface area contributed by atoms with Gasteiger partial charge in [-0.15, -0.1) is 0 Å². The number of benzene rings is 3. The van der Waals surface area contributed by atoms with Crippen LogP contribution in [0.3, 0.4) is 0 Å². The summed E-state index contributed by atoms with van der Waals surface area (Å²) < 4.78 is 5.42. The molecule has 2 aliphatic carbocycles. The maximum atomic E-state index is 15.2. The Bertz CT molecular complexity index is 1950. The number of likely N-dealkylation sites (tertiary alicyclic amines) is 1. The van der Waals surface area contributed by atoms with E-state index in [-0.39, 0.29) is 54.6 Å². The maximum Gasteiger partial charge on any atom is 0.303 e. The molecule has 0 bridgehead atoms. The average molecular weight is 719 g/mol. The van der Waals surface area contributed by atoms with Crippen molar-refractivity contribution < 1.29 is 38.9 Å². The van der Waals surface area contributed by atoms with Gasteiger partial charge in [-0.1, -0.05) is 59.1 Å². The van der Waals surface area contributed by atoms with Gasteiger partial charge in [0.1, 0.15) is 11.5 Å². The van der Waals surface area contributed by atoms with E-state index in [4.69, 9.17) is 33.0 Å². The molecule has 3 aromatic rings. The number of hydrazine groups is 1. The van der Waals surface area contributed by atoms with Gasteiger partial charge in [0.05, 0.1) is 41.0 Å². The summed E-state index contributed by atoms with van der Waals surface area (Å²) in [5.41, 5.74) is 3.67. The predicted octanol–water partition coefficient (Wildman–Crippen LogP) is 5.56. The lowest BCUT2D eigenvalue weighted by Crippen LogP contribution is -2.53. The van der Waals surface area contributed by atoms with Crippen molar-refractivity contribution in [3.05, 3.63) is 99.6 Å². The highest BCUT2D eigenvalue weighted by Gasteiger charge is 2.70. The molecule has 4 aliphatic rings. The summed E-state index contributed by atoms with van der Waals surface area (Å²) in [6, 6.07) is 18.1. The van der Waals surface area contributed by atoms with Gasteiger partial charge in [-0.05, 0) is 78.8 Å². The first kappa shape index (κ1) is 33.6. The number of fused-ring (bicyclic) bond motifs is 4. The van der Waals surface area contributed by atoms with Crippen molar-refractivity contribution in [3.8, 4) is 11.5 Å². The molecule has 6 unspecified atom stereocenters. The average Bonchev–Trinajstić information content (AvgIpc) is 3.47. The minimum Gasteiger partial charge on any atom is -0.508 e. The second kappa shape index (κ2) is 12.8. The van der Waals surface area contributed by atoms with Gasteiger partial charge >= 0.3 is 5.97 Å². The quantitative estimate of drug-likeness (QED) is 0.191. The Labute approximate surface area is 297 Å². The lowest BCUT2D eigenvalue weighted by atomic mass is 9.49. The largest absolute Gasteiger partial charge is 0.508 e. The summed E-state index contributed by atoms with van der Waals surface area (Å²) in [6.45, 7) is -0.0173. The van der Waals surface area contributed by atoms with Gasteiger partial charge in [-0.2, -0.15) is 5.01 Å². The number of aromatic hydroxyl groups is 1. The first-order valence-electron chi connectivity index (χ1n) is 16.3. The molecule has 4 amide bonds. The number of phenols is 1. The van der Waals surface area contributed by atoms with Crippen molar-refractivity contribution >= 4 is 58.5 Å². The number of nitrogens with zero attached hydrogens (tertiary/aromatic N) is 2. The Kier molecular flexibility index (Phi) is 8.60. The summed E-state index contributed by atoms with van der Waals surface area (Å²) in [5, 5.41) is 21.0. The summed E-state index contributed by atoms with van der Waals surface area (Å²) >= 11 is 12.6. The van der Waals surface area contributed by atoms with E-state index in [0.29, 0.717) is 21.9 Å². The fourth-order valence-corrected chi connectivity index (χ4v) is 9.01. The molecule has 2 aliphatic heterocycles. The van der Waals surface area contributed by atoms with E-state index in [1.54, 1.807) is 48.5 Å². The molecular weight excluding hydrogens is 685 g/mol. The fourth-order valence-electron chi connectivity index (χ4n) is 8.56. The van der Waals surface area contributed by atoms with Crippen molar-refractivity contribution in [1.82, 2.24) is 9.91 Å². The molecular formula is C37H33Cl2N3O8. The van der Waals surface area contributed by atoms with Gasteiger partial charge in [0.15, 0.2) is 0 Å². The maximum absolute atomic E-state index is 15.2. The minimum absolute atomic E-state index is 0.0110. The van der Waals surface area contributed by atoms with Gasteiger partial charge < -0.3 is 14.9 Å². The number of carboxylic acids is 1. The number of hydrogen-bond acceptors (Lipinski definition) is 8. The van der Waals surface area contributed by atoms with E-state index in [1.165, 1.54) is 25.3 Å². The van der Waals surface area contributed by atoms with Gasteiger partial charge in [0, 0.05) is 23.9 Å². The van der Waals surface area contributed by atoms with Crippen LogP contribution in [0.15, 0.2) is 78.4 Å². The highest BCUT2D eigenvalue weighted by molar-refractivity contribution is 6.36. The van der Waals surface area contributed by atoms with Gasteiger partial charge in [-0.25, -0.2) is 0 Å². The number of carbonyl (C=O) groups excluding carboxylic acids is 4. The number of halogens is 2. The molecule has 6 atom stereocenters. The van der Waals surface area contributed by atoms with E-state index in [1.807, 2.05) is 6.08 Å². The molecule has 7 rings (SSSR count). The minimum atomic E-state index is -1.52. The number of carboxylic acid groups (broad SMARTS) is 1. The highest BCUT2D eigenvalue weighted by Crippen LogP contribution is 2.64. The SMILES string of the molecule is COc1ccc(C23C(=O)N(Nc4ccc(Cl)cc4Cl)C(=O)C2CC2C(=CCC4C(=O)N(CCCC(=O)O)C(=O)C42)C3c2ccc(O)cc2)cc1. The fraction of sp³-hybridized carbons (Fsp3) is 0.324. The zero-order valence-corrected chi connectivity index (χ0v) is 28.4. The number of phenolic OH excluding ortho intramolecular Hbond substituents is 1. The molecule has 3 N–H and O–H groups in total. The number of nitrogens with one attached hydrogen (secondary N) is 1. The lowest BCUT2D eigenvalue weighted by Gasteiger charge is -2.50. The van der Waals surface area contributed by atoms with Crippen LogP contribution in [0.5, 0.6) is 11.5 Å². The number of aliphatic carboxylic acids is 1. The van der Waals surface area contributed by atoms with Gasteiger partial charge in [0.2, 0.25) is 11.8 Å². The molecule has 2 heterocycles. The number of allylic oxidation sites excluding steroid dienone is 2. The molecule has 13 heteroatoms. The second-order valence-electron chi connectivity index (χ2n) is 13.1. The number of amides is 4. The normalized spacial score (nSPS) is 27.1. The topological polar surface area (TPSA) is 154 Å². The Morgan fingerprint density at radius 3 is 2.34 bits per heavy atom.